The Morgan fingerprint density at radius 2 is 1.94 bits per heavy atom. The molecular weight excluding hydrogens is 210 g/mol. The minimum absolute atomic E-state index is 0.106. The molecule has 2 aliphatic carbocycles. The lowest BCUT2D eigenvalue weighted by Gasteiger charge is -2.41. The van der Waals surface area contributed by atoms with Crippen LogP contribution in [0.15, 0.2) is 0 Å². The molecule has 0 aromatic rings. The Hall–Kier alpha value is -0.550. The van der Waals surface area contributed by atoms with Gasteiger partial charge in [-0.3, -0.25) is 0 Å². The second-order valence-corrected chi connectivity index (χ2v) is 6.49. The molecule has 0 N–H and O–H groups in total. The van der Waals surface area contributed by atoms with Crippen LogP contribution in [-0.2, 0) is 4.74 Å². The first-order chi connectivity index (χ1) is 8.13. The first-order valence-corrected chi connectivity index (χ1v) is 7.14. The first-order valence-electron chi connectivity index (χ1n) is 7.14. The van der Waals surface area contributed by atoms with Crippen molar-refractivity contribution in [3.05, 3.63) is 0 Å². The van der Waals surface area contributed by atoms with Gasteiger partial charge in [-0.2, -0.15) is 5.26 Å². The highest BCUT2D eigenvalue weighted by Crippen LogP contribution is 2.50. The molecule has 0 amide bonds. The molecule has 0 spiro atoms. The van der Waals surface area contributed by atoms with E-state index in [0.717, 1.165) is 11.8 Å². The largest absolute Gasteiger partial charge is 0.374 e. The van der Waals surface area contributed by atoms with Crippen molar-refractivity contribution < 1.29 is 4.74 Å². The van der Waals surface area contributed by atoms with Crippen molar-refractivity contribution >= 4 is 0 Å². The summed E-state index contributed by atoms with van der Waals surface area (Å²) < 4.78 is 6.18. The van der Waals surface area contributed by atoms with Gasteiger partial charge in [0.15, 0.2) is 0 Å². The SMILES string of the molecule is CC(C)CC1(OCCC#N)C[C@@H]2CC[C@@H](C2)C1. The third-order valence-corrected chi connectivity index (χ3v) is 4.37. The summed E-state index contributed by atoms with van der Waals surface area (Å²) in [5.41, 5.74) is 0.106. The summed E-state index contributed by atoms with van der Waals surface area (Å²) in [7, 11) is 0. The predicted octanol–water partition coefficient (Wildman–Crippen LogP) is 3.91. The minimum Gasteiger partial charge on any atom is -0.374 e. The van der Waals surface area contributed by atoms with Crippen LogP contribution in [0.25, 0.3) is 0 Å². The normalized spacial score (nSPS) is 36.1. The lowest BCUT2D eigenvalue weighted by atomic mass is 9.73. The fourth-order valence-electron chi connectivity index (χ4n) is 4.09. The number of hydrogen-bond acceptors (Lipinski definition) is 2. The van der Waals surface area contributed by atoms with Gasteiger partial charge in [0.25, 0.3) is 0 Å². The topological polar surface area (TPSA) is 33.0 Å². The van der Waals surface area contributed by atoms with Gasteiger partial charge in [0.1, 0.15) is 0 Å². The van der Waals surface area contributed by atoms with Crippen LogP contribution in [0.1, 0.15) is 58.8 Å². The van der Waals surface area contributed by atoms with Crippen molar-refractivity contribution in [3.8, 4) is 6.07 Å². The van der Waals surface area contributed by atoms with Gasteiger partial charge in [-0.25, -0.2) is 0 Å². The van der Waals surface area contributed by atoms with Crippen molar-refractivity contribution in [3.63, 3.8) is 0 Å². The highest BCUT2D eigenvalue weighted by atomic mass is 16.5. The third kappa shape index (κ3) is 3.22. The highest BCUT2D eigenvalue weighted by Gasteiger charge is 2.44. The Morgan fingerprint density at radius 3 is 2.47 bits per heavy atom. The molecule has 0 radical (unpaired) electrons. The third-order valence-electron chi connectivity index (χ3n) is 4.37. The van der Waals surface area contributed by atoms with E-state index in [1.54, 1.807) is 0 Å². The molecule has 0 saturated heterocycles. The molecule has 2 fully saturated rings. The highest BCUT2D eigenvalue weighted by molar-refractivity contribution is 4.96. The molecule has 0 aromatic heterocycles. The maximum atomic E-state index is 8.65. The van der Waals surface area contributed by atoms with Gasteiger partial charge < -0.3 is 4.74 Å². The van der Waals surface area contributed by atoms with Crippen molar-refractivity contribution in [1.29, 1.82) is 5.26 Å². The Labute approximate surface area is 105 Å². The van der Waals surface area contributed by atoms with Gasteiger partial charge in [0.2, 0.25) is 0 Å². The summed E-state index contributed by atoms with van der Waals surface area (Å²) in [6.45, 7) is 5.19. The standard InChI is InChI=1S/C15H25NO/c1-12(2)9-15(17-7-3-6-16)10-13-4-5-14(8-13)11-15/h12-14H,3-5,7-11H2,1-2H3/t13-,14+,15?. The molecule has 2 aliphatic rings. The van der Waals surface area contributed by atoms with Crippen LogP contribution in [0.5, 0.6) is 0 Å². The molecule has 0 heterocycles. The molecule has 2 rings (SSSR count). The molecule has 96 valence electrons. The van der Waals surface area contributed by atoms with Gasteiger partial charge >= 0.3 is 0 Å². The van der Waals surface area contributed by atoms with Crippen molar-refractivity contribution in [2.75, 3.05) is 6.61 Å². The predicted molar refractivity (Wildman–Crippen MR) is 68.4 cm³/mol. The summed E-state index contributed by atoms with van der Waals surface area (Å²) in [6, 6.07) is 2.19. The van der Waals surface area contributed by atoms with Crippen LogP contribution in [0.4, 0.5) is 0 Å². The molecule has 2 bridgehead atoms. The quantitative estimate of drug-likeness (QED) is 0.677. The molecule has 2 saturated carbocycles. The van der Waals surface area contributed by atoms with Gasteiger partial charge in [-0.05, 0) is 43.4 Å². The lowest BCUT2D eigenvalue weighted by Crippen LogP contribution is -2.40. The first kappa shape index (κ1) is 12.9. The van der Waals surface area contributed by atoms with E-state index in [-0.39, 0.29) is 5.60 Å². The van der Waals surface area contributed by atoms with Gasteiger partial charge in [0, 0.05) is 0 Å². The zero-order valence-corrected chi connectivity index (χ0v) is 11.2. The Bertz CT molecular complexity index is 280. The number of ether oxygens (including phenoxy) is 1. The van der Waals surface area contributed by atoms with Gasteiger partial charge in [0.05, 0.1) is 24.7 Å². The number of fused-ring (bicyclic) bond motifs is 2. The molecule has 0 aromatic carbocycles. The van der Waals surface area contributed by atoms with Crippen LogP contribution in [0.3, 0.4) is 0 Å². The monoisotopic (exact) mass is 235 g/mol. The van der Waals surface area contributed by atoms with E-state index < -0.39 is 0 Å². The number of rotatable bonds is 5. The van der Waals surface area contributed by atoms with Gasteiger partial charge in [-0.15, -0.1) is 0 Å². The van der Waals surface area contributed by atoms with Gasteiger partial charge in [-0.1, -0.05) is 26.7 Å². The number of hydrogen-bond donors (Lipinski definition) is 0. The summed E-state index contributed by atoms with van der Waals surface area (Å²) in [6.07, 6.45) is 8.44. The van der Waals surface area contributed by atoms with Crippen molar-refractivity contribution in [1.82, 2.24) is 0 Å². The summed E-state index contributed by atoms with van der Waals surface area (Å²) in [4.78, 5) is 0. The maximum absolute atomic E-state index is 8.65. The second kappa shape index (κ2) is 5.40. The molecule has 3 atom stereocenters. The zero-order valence-electron chi connectivity index (χ0n) is 11.2. The van der Waals surface area contributed by atoms with E-state index >= 15 is 0 Å². The van der Waals surface area contributed by atoms with E-state index in [1.807, 2.05) is 0 Å². The van der Waals surface area contributed by atoms with Crippen molar-refractivity contribution in [2.45, 2.75) is 64.4 Å². The van der Waals surface area contributed by atoms with E-state index in [4.69, 9.17) is 10.00 Å². The molecular formula is C15H25NO. The molecule has 0 aliphatic heterocycles. The fraction of sp³-hybridized carbons (Fsp3) is 0.933. The maximum Gasteiger partial charge on any atom is 0.0690 e. The van der Waals surface area contributed by atoms with Crippen LogP contribution < -0.4 is 0 Å². The number of nitrogens with zero attached hydrogens (tertiary/aromatic N) is 1. The average molecular weight is 235 g/mol. The smallest absolute Gasteiger partial charge is 0.0690 e. The average Bonchev–Trinajstić information content (AvgIpc) is 2.58. The summed E-state index contributed by atoms with van der Waals surface area (Å²) in [5.74, 6) is 2.48. The molecule has 17 heavy (non-hydrogen) atoms. The molecule has 2 nitrogen and oxygen atoms in total. The second-order valence-electron chi connectivity index (χ2n) is 6.49. The van der Waals surface area contributed by atoms with E-state index in [2.05, 4.69) is 19.9 Å². The summed E-state index contributed by atoms with van der Waals surface area (Å²) >= 11 is 0. The lowest BCUT2D eigenvalue weighted by molar-refractivity contribution is -0.0962. The Morgan fingerprint density at radius 1 is 1.29 bits per heavy atom. The van der Waals surface area contributed by atoms with Crippen LogP contribution in [0.2, 0.25) is 0 Å². The van der Waals surface area contributed by atoms with Crippen molar-refractivity contribution in [2.24, 2.45) is 17.8 Å². The minimum atomic E-state index is 0.106. The summed E-state index contributed by atoms with van der Waals surface area (Å²) in [5, 5.41) is 8.65. The fourth-order valence-corrected chi connectivity index (χ4v) is 4.09. The Balaban J connectivity index is 1.99. The Kier molecular flexibility index (Phi) is 4.09. The van der Waals surface area contributed by atoms with Crippen LogP contribution in [-0.4, -0.2) is 12.2 Å². The number of nitriles is 1. The van der Waals surface area contributed by atoms with E-state index in [1.165, 1.54) is 38.5 Å². The molecule has 1 unspecified atom stereocenters. The molecule has 2 heteroatoms. The zero-order chi connectivity index (χ0) is 12.3. The van der Waals surface area contributed by atoms with E-state index in [9.17, 15) is 0 Å². The van der Waals surface area contributed by atoms with Crippen LogP contribution >= 0.6 is 0 Å². The van der Waals surface area contributed by atoms with Crippen LogP contribution in [0, 0.1) is 29.1 Å². The van der Waals surface area contributed by atoms with E-state index in [0.29, 0.717) is 18.9 Å².